The molecule has 12 nitrogen and oxygen atoms in total. The number of nitrogens with zero attached hydrogens (tertiary/aromatic N) is 1. The van der Waals surface area contributed by atoms with Crippen LogP contribution < -0.4 is 21.3 Å². The minimum Gasteiger partial charge on any atom is -0.480 e. The molecular weight excluding hydrogens is 478 g/mol. The molecule has 3 amide bonds. The summed E-state index contributed by atoms with van der Waals surface area (Å²) in [5.74, 6) is -2.70. The average Bonchev–Trinajstić information content (AvgIpc) is 3.65. The van der Waals surface area contributed by atoms with Crippen molar-refractivity contribution in [3.63, 3.8) is 0 Å². The molecule has 2 aromatic heterocycles. The molecule has 12 heteroatoms. The van der Waals surface area contributed by atoms with Crippen molar-refractivity contribution in [1.82, 2.24) is 36.2 Å². The molecule has 4 atom stereocenters. The second kappa shape index (κ2) is 11.7. The van der Waals surface area contributed by atoms with Crippen molar-refractivity contribution in [2.45, 2.75) is 56.8 Å². The predicted molar refractivity (Wildman–Crippen MR) is 134 cm³/mol. The van der Waals surface area contributed by atoms with Crippen LogP contribution in [0.15, 0.2) is 43.0 Å². The summed E-state index contributed by atoms with van der Waals surface area (Å²) in [6.07, 6.45) is 6.58. The first-order chi connectivity index (χ1) is 17.8. The SMILES string of the molecule is CC(NC(=O)C(Cc1c[nH]c2ccccc12)NC(=O)C(Cc1cnc[nH]1)NC(=O)C1CCCN1)C(=O)O. The van der Waals surface area contributed by atoms with E-state index in [0.29, 0.717) is 12.1 Å². The van der Waals surface area contributed by atoms with Crippen molar-refractivity contribution < 1.29 is 24.3 Å². The molecule has 7 N–H and O–H groups in total. The van der Waals surface area contributed by atoms with E-state index in [2.05, 4.69) is 36.2 Å². The maximum Gasteiger partial charge on any atom is 0.325 e. The van der Waals surface area contributed by atoms with E-state index >= 15 is 0 Å². The molecule has 1 aliphatic heterocycles. The van der Waals surface area contributed by atoms with E-state index in [1.54, 1.807) is 12.4 Å². The molecule has 0 aliphatic carbocycles. The van der Waals surface area contributed by atoms with Crippen LogP contribution in [0.25, 0.3) is 10.9 Å². The van der Waals surface area contributed by atoms with Crippen molar-refractivity contribution in [2.75, 3.05) is 6.54 Å². The zero-order valence-electron chi connectivity index (χ0n) is 20.4. The van der Waals surface area contributed by atoms with Crippen molar-refractivity contribution in [1.29, 1.82) is 0 Å². The average molecular weight is 510 g/mol. The number of aliphatic carboxylic acids is 1. The molecule has 0 bridgehead atoms. The summed E-state index contributed by atoms with van der Waals surface area (Å²) in [6.45, 7) is 2.07. The molecule has 1 aliphatic rings. The fourth-order valence-corrected chi connectivity index (χ4v) is 4.38. The Morgan fingerprint density at radius 3 is 2.51 bits per heavy atom. The lowest BCUT2D eigenvalue weighted by Crippen LogP contribution is -2.57. The number of para-hydroxylation sites is 1. The first kappa shape index (κ1) is 25.9. The van der Waals surface area contributed by atoms with Crippen LogP contribution in [0.4, 0.5) is 0 Å². The highest BCUT2D eigenvalue weighted by atomic mass is 16.4. The van der Waals surface area contributed by atoms with Crippen LogP contribution in [0.3, 0.4) is 0 Å². The van der Waals surface area contributed by atoms with E-state index in [9.17, 15) is 24.3 Å². The minimum atomic E-state index is -1.20. The third-order valence-electron chi connectivity index (χ3n) is 6.45. The van der Waals surface area contributed by atoms with Gasteiger partial charge in [-0.15, -0.1) is 0 Å². The van der Waals surface area contributed by atoms with E-state index in [4.69, 9.17) is 0 Å². The van der Waals surface area contributed by atoms with Gasteiger partial charge in [0.05, 0.1) is 12.4 Å². The number of nitrogens with one attached hydrogen (secondary N) is 6. The van der Waals surface area contributed by atoms with E-state index in [-0.39, 0.29) is 18.7 Å². The molecule has 4 rings (SSSR count). The zero-order valence-corrected chi connectivity index (χ0v) is 20.4. The highest BCUT2D eigenvalue weighted by Crippen LogP contribution is 2.19. The van der Waals surface area contributed by atoms with Crippen LogP contribution >= 0.6 is 0 Å². The molecule has 0 radical (unpaired) electrons. The number of amides is 3. The number of imidazole rings is 1. The molecule has 1 saturated heterocycles. The number of H-pyrrole nitrogens is 2. The molecule has 196 valence electrons. The number of carbonyl (C=O) groups is 4. The van der Waals surface area contributed by atoms with E-state index in [1.807, 2.05) is 24.3 Å². The number of fused-ring (bicyclic) bond motifs is 1. The van der Waals surface area contributed by atoms with Gasteiger partial charge in [-0.3, -0.25) is 19.2 Å². The minimum absolute atomic E-state index is 0.114. The van der Waals surface area contributed by atoms with Gasteiger partial charge in [0, 0.05) is 41.8 Å². The number of hydrogen-bond donors (Lipinski definition) is 7. The van der Waals surface area contributed by atoms with E-state index < -0.39 is 42.0 Å². The van der Waals surface area contributed by atoms with Crippen LogP contribution in [0.1, 0.15) is 31.0 Å². The highest BCUT2D eigenvalue weighted by Gasteiger charge is 2.31. The molecular formula is C25H31N7O5. The summed E-state index contributed by atoms with van der Waals surface area (Å²) in [6, 6.07) is 3.94. The van der Waals surface area contributed by atoms with Gasteiger partial charge in [-0.1, -0.05) is 18.2 Å². The number of aromatic nitrogens is 3. The third kappa shape index (κ3) is 6.53. The van der Waals surface area contributed by atoms with Crippen molar-refractivity contribution in [3.8, 4) is 0 Å². The van der Waals surface area contributed by atoms with Crippen LogP contribution in [0.2, 0.25) is 0 Å². The van der Waals surface area contributed by atoms with Gasteiger partial charge in [0.25, 0.3) is 0 Å². The number of carboxylic acids is 1. The normalized spacial score (nSPS) is 17.6. The fraction of sp³-hybridized carbons (Fsp3) is 0.400. The van der Waals surface area contributed by atoms with Crippen LogP contribution in [-0.4, -0.2) is 74.5 Å². The van der Waals surface area contributed by atoms with Crippen LogP contribution in [0, 0.1) is 0 Å². The molecule has 1 aromatic carbocycles. The monoisotopic (exact) mass is 509 g/mol. The maximum atomic E-state index is 13.5. The third-order valence-corrected chi connectivity index (χ3v) is 6.45. The second-order valence-electron chi connectivity index (χ2n) is 9.18. The molecule has 37 heavy (non-hydrogen) atoms. The molecule has 3 heterocycles. The molecule has 3 aromatic rings. The lowest BCUT2D eigenvalue weighted by Gasteiger charge is -2.24. The summed E-state index contributed by atoms with van der Waals surface area (Å²) in [5.41, 5.74) is 2.29. The number of hydrogen-bond acceptors (Lipinski definition) is 6. The van der Waals surface area contributed by atoms with Crippen molar-refractivity contribution >= 4 is 34.6 Å². The van der Waals surface area contributed by atoms with E-state index in [1.165, 1.54) is 13.3 Å². The first-order valence-corrected chi connectivity index (χ1v) is 12.2. The Morgan fingerprint density at radius 1 is 1.05 bits per heavy atom. The van der Waals surface area contributed by atoms with Gasteiger partial charge >= 0.3 is 5.97 Å². The number of carbonyl (C=O) groups excluding carboxylic acids is 3. The molecule has 0 saturated carbocycles. The number of benzene rings is 1. The first-order valence-electron chi connectivity index (χ1n) is 12.2. The van der Waals surface area contributed by atoms with Gasteiger partial charge in [-0.25, -0.2) is 4.98 Å². The Hall–Kier alpha value is -4.19. The lowest BCUT2D eigenvalue weighted by molar-refractivity contribution is -0.141. The smallest absolute Gasteiger partial charge is 0.325 e. The number of rotatable bonds is 11. The van der Waals surface area contributed by atoms with E-state index in [0.717, 1.165) is 29.4 Å². The maximum absolute atomic E-state index is 13.5. The largest absolute Gasteiger partial charge is 0.480 e. The van der Waals surface area contributed by atoms with Gasteiger partial charge in [-0.05, 0) is 37.9 Å². The summed E-state index contributed by atoms with van der Waals surface area (Å²) < 4.78 is 0. The molecule has 4 unspecified atom stereocenters. The molecule has 0 spiro atoms. The number of aromatic amines is 2. The van der Waals surface area contributed by atoms with Gasteiger partial charge in [-0.2, -0.15) is 0 Å². The zero-order chi connectivity index (χ0) is 26.4. The summed E-state index contributed by atoms with van der Waals surface area (Å²) in [5, 5.41) is 21.2. The Morgan fingerprint density at radius 2 is 1.81 bits per heavy atom. The van der Waals surface area contributed by atoms with Crippen molar-refractivity contribution in [2.24, 2.45) is 0 Å². The summed E-state index contributed by atoms with van der Waals surface area (Å²) in [4.78, 5) is 60.8. The quantitative estimate of drug-likeness (QED) is 0.190. The van der Waals surface area contributed by atoms with Gasteiger partial charge < -0.3 is 36.3 Å². The Labute approximate surface area is 213 Å². The number of carboxylic acid groups (broad SMARTS) is 1. The van der Waals surface area contributed by atoms with Crippen LogP contribution in [-0.2, 0) is 32.0 Å². The van der Waals surface area contributed by atoms with Gasteiger partial charge in [0.2, 0.25) is 17.7 Å². The fourth-order valence-electron chi connectivity index (χ4n) is 4.38. The standard InChI is InChI=1S/C25H31N7O5/c1-14(25(36)37)30-23(34)20(9-15-11-28-18-6-3-2-5-17(15)18)31-24(35)21(10-16-12-26-13-29-16)32-22(33)19-7-4-8-27-19/h2-3,5-6,11-14,19-21,27-28H,4,7-10H2,1H3,(H,26,29)(H,30,34)(H,31,35)(H,32,33)(H,36,37). The predicted octanol–water partition coefficient (Wildman–Crippen LogP) is -0.0129. The Balaban J connectivity index is 1.55. The summed E-state index contributed by atoms with van der Waals surface area (Å²) in [7, 11) is 0. The Kier molecular flexibility index (Phi) is 8.18. The highest BCUT2D eigenvalue weighted by molar-refractivity contribution is 5.95. The molecule has 1 fully saturated rings. The van der Waals surface area contributed by atoms with Crippen LogP contribution in [0.5, 0.6) is 0 Å². The van der Waals surface area contributed by atoms with Gasteiger partial charge in [0.1, 0.15) is 18.1 Å². The van der Waals surface area contributed by atoms with Gasteiger partial charge in [0.15, 0.2) is 0 Å². The van der Waals surface area contributed by atoms with Crippen molar-refractivity contribution in [3.05, 3.63) is 54.2 Å². The topological polar surface area (TPSA) is 181 Å². The Bertz CT molecular complexity index is 1250. The lowest BCUT2D eigenvalue weighted by atomic mass is 10.0. The second-order valence-corrected chi connectivity index (χ2v) is 9.18. The summed E-state index contributed by atoms with van der Waals surface area (Å²) >= 11 is 0.